The smallest absolute Gasteiger partial charge is 0.258 e. The molecule has 1 heterocycles. The maximum Gasteiger partial charge on any atom is 0.258 e. The van der Waals surface area contributed by atoms with E-state index in [4.69, 9.17) is 0 Å². The van der Waals surface area contributed by atoms with Crippen molar-refractivity contribution in [3.8, 4) is 5.75 Å². The van der Waals surface area contributed by atoms with Gasteiger partial charge in [-0.05, 0) is 52.7 Å². The zero-order valence-electron chi connectivity index (χ0n) is 15.7. The van der Waals surface area contributed by atoms with Crippen molar-refractivity contribution in [2.45, 2.75) is 58.2 Å². The van der Waals surface area contributed by atoms with Crippen LogP contribution in [-0.2, 0) is 9.59 Å². The van der Waals surface area contributed by atoms with Gasteiger partial charge < -0.3 is 20.6 Å². The van der Waals surface area contributed by atoms with Crippen LogP contribution in [0, 0.1) is 0 Å². The largest absolute Gasteiger partial charge is 0.507 e. The summed E-state index contributed by atoms with van der Waals surface area (Å²) in [5.74, 6) is -1.13. The molecule has 1 fully saturated rings. The van der Waals surface area contributed by atoms with E-state index in [0.29, 0.717) is 19.4 Å². The first-order valence-corrected chi connectivity index (χ1v) is 8.81. The fourth-order valence-corrected chi connectivity index (χ4v) is 2.94. The minimum atomic E-state index is -0.704. The zero-order chi connectivity index (χ0) is 19.5. The number of hydrogen-bond donors (Lipinski definition) is 3. The second-order valence-electron chi connectivity index (χ2n) is 7.64. The van der Waals surface area contributed by atoms with Gasteiger partial charge in [0.15, 0.2) is 0 Å². The van der Waals surface area contributed by atoms with Gasteiger partial charge >= 0.3 is 0 Å². The Labute approximate surface area is 153 Å². The van der Waals surface area contributed by atoms with Crippen LogP contribution >= 0.6 is 0 Å². The lowest BCUT2D eigenvalue weighted by atomic mass is 10.1. The number of benzene rings is 1. The summed E-state index contributed by atoms with van der Waals surface area (Å²) >= 11 is 0. The van der Waals surface area contributed by atoms with Crippen molar-refractivity contribution >= 4 is 17.7 Å². The first-order chi connectivity index (χ1) is 12.1. The number of nitrogens with zero attached hydrogens (tertiary/aromatic N) is 1. The molecule has 3 N–H and O–H groups in total. The molecule has 7 nitrogen and oxygen atoms in total. The first kappa shape index (κ1) is 19.8. The van der Waals surface area contributed by atoms with Crippen LogP contribution in [0.4, 0.5) is 0 Å². The monoisotopic (exact) mass is 361 g/mol. The van der Waals surface area contributed by atoms with Crippen molar-refractivity contribution < 1.29 is 19.5 Å². The van der Waals surface area contributed by atoms with Gasteiger partial charge in [0, 0.05) is 12.1 Å². The van der Waals surface area contributed by atoms with Crippen LogP contribution < -0.4 is 10.6 Å². The van der Waals surface area contributed by atoms with Crippen LogP contribution in [0.2, 0.25) is 0 Å². The Morgan fingerprint density at radius 1 is 1.23 bits per heavy atom. The molecule has 0 bridgehead atoms. The van der Waals surface area contributed by atoms with Crippen LogP contribution in [0.3, 0.4) is 0 Å². The molecule has 0 saturated carbocycles. The Hall–Kier alpha value is -2.57. The quantitative estimate of drug-likeness (QED) is 0.755. The molecule has 2 atom stereocenters. The Morgan fingerprint density at radius 3 is 2.50 bits per heavy atom. The third-order valence-electron chi connectivity index (χ3n) is 4.20. The number of para-hydroxylation sites is 1. The topological polar surface area (TPSA) is 98.7 Å². The molecule has 0 aromatic heterocycles. The van der Waals surface area contributed by atoms with Crippen LogP contribution in [0.5, 0.6) is 5.75 Å². The molecule has 7 heteroatoms. The SMILES string of the molecule is C[C@H](NC(=O)[C@H]1CCCN1C(=O)c1ccccc1O)C(=O)NC(C)(C)C. The summed E-state index contributed by atoms with van der Waals surface area (Å²) in [7, 11) is 0. The van der Waals surface area contributed by atoms with E-state index in [9.17, 15) is 19.5 Å². The normalized spacial score (nSPS) is 18.3. The zero-order valence-corrected chi connectivity index (χ0v) is 15.7. The van der Waals surface area contributed by atoms with E-state index in [-0.39, 0.29) is 29.0 Å². The summed E-state index contributed by atoms with van der Waals surface area (Å²) in [6, 6.07) is 4.92. The van der Waals surface area contributed by atoms with E-state index in [1.165, 1.54) is 17.0 Å². The molecule has 1 aromatic carbocycles. The van der Waals surface area contributed by atoms with Crippen molar-refractivity contribution in [2.75, 3.05) is 6.54 Å². The lowest BCUT2D eigenvalue weighted by Crippen LogP contribution is -2.54. The van der Waals surface area contributed by atoms with Crippen LogP contribution in [0.1, 0.15) is 50.9 Å². The van der Waals surface area contributed by atoms with Gasteiger partial charge in [0.2, 0.25) is 11.8 Å². The highest BCUT2D eigenvalue weighted by Gasteiger charge is 2.36. The molecule has 26 heavy (non-hydrogen) atoms. The predicted molar refractivity (Wildman–Crippen MR) is 97.7 cm³/mol. The summed E-state index contributed by atoms with van der Waals surface area (Å²) in [5, 5.41) is 15.4. The van der Waals surface area contributed by atoms with Gasteiger partial charge in [-0.2, -0.15) is 0 Å². The third-order valence-corrected chi connectivity index (χ3v) is 4.20. The van der Waals surface area contributed by atoms with E-state index >= 15 is 0 Å². The number of carbonyl (C=O) groups is 3. The molecule has 2 rings (SSSR count). The number of phenolic OH excluding ortho intramolecular Hbond substituents is 1. The second kappa shape index (κ2) is 7.76. The fraction of sp³-hybridized carbons (Fsp3) is 0.526. The fourth-order valence-electron chi connectivity index (χ4n) is 2.94. The Balaban J connectivity index is 2.05. The van der Waals surface area contributed by atoms with Gasteiger partial charge in [0.05, 0.1) is 5.56 Å². The molecule has 1 aliphatic rings. The standard InChI is InChI=1S/C19H27N3O4/c1-12(16(24)21-19(2,3)4)20-17(25)14-9-7-11-22(14)18(26)13-8-5-6-10-15(13)23/h5-6,8,10,12,14,23H,7,9,11H2,1-4H3,(H,20,25)(H,21,24)/t12-,14+/m0/s1. The molecule has 1 aliphatic heterocycles. The molecular weight excluding hydrogens is 334 g/mol. The molecule has 142 valence electrons. The van der Waals surface area contributed by atoms with E-state index in [2.05, 4.69) is 10.6 Å². The lowest BCUT2D eigenvalue weighted by molar-refractivity contribution is -0.131. The van der Waals surface area contributed by atoms with Crippen molar-refractivity contribution in [1.82, 2.24) is 15.5 Å². The summed E-state index contributed by atoms with van der Waals surface area (Å²) in [6.45, 7) is 7.65. The van der Waals surface area contributed by atoms with Crippen molar-refractivity contribution in [2.24, 2.45) is 0 Å². The number of nitrogens with one attached hydrogen (secondary N) is 2. The van der Waals surface area contributed by atoms with Gasteiger partial charge in [0.1, 0.15) is 17.8 Å². The van der Waals surface area contributed by atoms with E-state index in [0.717, 1.165) is 0 Å². The number of amides is 3. The van der Waals surface area contributed by atoms with Gasteiger partial charge in [-0.1, -0.05) is 12.1 Å². The molecular formula is C19H27N3O4. The highest BCUT2D eigenvalue weighted by Crippen LogP contribution is 2.24. The van der Waals surface area contributed by atoms with Gasteiger partial charge in [0.25, 0.3) is 5.91 Å². The summed E-state index contributed by atoms with van der Waals surface area (Å²) < 4.78 is 0. The maximum absolute atomic E-state index is 12.7. The minimum absolute atomic E-state index is 0.110. The predicted octanol–water partition coefficient (Wildman–Crippen LogP) is 1.42. The minimum Gasteiger partial charge on any atom is -0.507 e. The van der Waals surface area contributed by atoms with Crippen molar-refractivity contribution in [3.05, 3.63) is 29.8 Å². The van der Waals surface area contributed by atoms with Gasteiger partial charge in [-0.15, -0.1) is 0 Å². The highest BCUT2D eigenvalue weighted by molar-refractivity contribution is 6.00. The van der Waals surface area contributed by atoms with Crippen LogP contribution in [-0.4, -0.2) is 51.9 Å². The Kier molecular flexibility index (Phi) is 5.90. The van der Waals surface area contributed by atoms with E-state index < -0.39 is 17.6 Å². The lowest BCUT2D eigenvalue weighted by Gasteiger charge is -2.27. The van der Waals surface area contributed by atoms with Crippen LogP contribution in [0.15, 0.2) is 24.3 Å². The number of likely N-dealkylation sites (tertiary alicyclic amines) is 1. The third kappa shape index (κ3) is 4.74. The first-order valence-electron chi connectivity index (χ1n) is 8.81. The second-order valence-corrected chi connectivity index (χ2v) is 7.64. The summed E-state index contributed by atoms with van der Waals surface area (Å²) in [4.78, 5) is 38.9. The number of aromatic hydroxyl groups is 1. The molecule has 1 aromatic rings. The van der Waals surface area contributed by atoms with Gasteiger partial charge in [-0.25, -0.2) is 0 Å². The molecule has 0 unspecified atom stereocenters. The average molecular weight is 361 g/mol. The molecule has 3 amide bonds. The molecule has 0 radical (unpaired) electrons. The summed E-state index contributed by atoms with van der Waals surface area (Å²) in [6.07, 6.45) is 1.22. The molecule has 0 spiro atoms. The number of hydrogen-bond acceptors (Lipinski definition) is 4. The van der Waals surface area contributed by atoms with Crippen molar-refractivity contribution in [3.63, 3.8) is 0 Å². The highest BCUT2D eigenvalue weighted by atomic mass is 16.3. The number of rotatable bonds is 4. The van der Waals surface area contributed by atoms with Crippen LogP contribution in [0.25, 0.3) is 0 Å². The average Bonchev–Trinajstić information content (AvgIpc) is 3.02. The molecule has 1 saturated heterocycles. The van der Waals surface area contributed by atoms with Gasteiger partial charge in [-0.3, -0.25) is 14.4 Å². The van der Waals surface area contributed by atoms with E-state index in [1.54, 1.807) is 19.1 Å². The number of phenols is 1. The maximum atomic E-state index is 12.7. The number of carbonyl (C=O) groups excluding carboxylic acids is 3. The Morgan fingerprint density at radius 2 is 1.88 bits per heavy atom. The Bertz CT molecular complexity index is 696. The van der Waals surface area contributed by atoms with Crippen molar-refractivity contribution in [1.29, 1.82) is 0 Å². The molecule has 0 aliphatic carbocycles. The van der Waals surface area contributed by atoms with E-state index in [1.807, 2.05) is 20.8 Å². The summed E-state index contributed by atoms with van der Waals surface area (Å²) in [5.41, 5.74) is -0.221.